The Hall–Kier alpha value is -4.72. The number of carbonyl (C=O) groups excluding carboxylic acids is 2. The Morgan fingerprint density at radius 2 is 1.88 bits per heavy atom. The number of aromatic nitrogens is 3. The number of methoxy groups -OCH3 is 1. The van der Waals surface area contributed by atoms with Crippen LogP contribution in [-0.4, -0.2) is 71.7 Å². The number of hydrogen-bond acceptors (Lipinski definition) is 7. The molecule has 43 heavy (non-hydrogen) atoms. The molecule has 0 bridgehead atoms. The standard InChI is InChI=1S/C30H31F2N7O4/c1-18-26(20-10-12-24(34-16-20)29(40)33-2)37-39(21-7-5-4-6-8-21)28(18)36-30(41)35-25-17-38(13-14-42-3)43-27(25)19-9-11-22(31)23(32)15-19/h4-12,15-16,25,27H,13-14,17H2,1-3H3,(H,33,40)(H2,35,36,41)/t25-,27+/m1/s1. The molecule has 1 aliphatic heterocycles. The van der Waals surface area contributed by atoms with Gasteiger partial charge in [0.2, 0.25) is 0 Å². The highest BCUT2D eigenvalue weighted by atomic mass is 19.2. The third kappa shape index (κ3) is 6.53. The average molecular weight is 592 g/mol. The molecular weight excluding hydrogens is 560 g/mol. The maximum absolute atomic E-state index is 14.1. The molecule has 13 heteroatoms. The number of halogens is 2. The molecular formula is C30H31F2N7O4. The molecule has 5 rings (SSSR count). The minimum atomic E-state index is -1.01. The van der Waals surface area contributed by atoms with Gasteiger partial charge in [-0.3, -0.25) is 19.9 Å². The highest BCUT2D eigenvalue weighted by molar-refractivity contribution is 5.93. The molecule has 2 aromatic heterocycles. The molecule has 3 N–H and O–H groups in total. The second-order valence-electron chi connectivity index (χ2n) is 9.87. The lowest BCUT2D eigenvalue weighted by molar-refractivity contribution is -0.154. The fourth-order valence-corrected chi connectivity index (χ4v) is 4.81. The van der Waals surface area contributed by atoms with Crippen LogP contribution in [0.15, 0.2) is 66.9 Å². The van der Waals surface area contributed by atoms with Gasteiger partial charge in [-0.05, 0) is 48.9 Å². The van der Waals surface area contributed by atoms with E-state index in [9.17, 15) is 18.4 Å². The summed E-state index contributed by atoms with van der Waals surface area (Å²) in [5.41, 5.74) is 3.22. The van der Waals surface area contributed by atoms with Crippen LogP contribution in [0.3, 0.4) is 0 Å². The molecule has 2 atom stereocenters. The highest BCUT2D eigenvalue weighted by Crippen LogP contribution is 2.32. The van der Waals surface area contributed by atoms with E-state index in [-0.39, 0.29) is 18.1 Å². The Labute approximate surface area is 246 Å². The SMILES string of the molecule is CNC(=O)c1ccc(-c2nn(-c3ccccc3)c(NC(=O)N[C@@H]3CN(CCOC)O[C@H]3c3ccc(F)c(F)c3)c2C)cn1. The lowest BCUT2D eigenvalue weighted by Crippen LogP contribution is -2.42. The number of rotatable bonds is 9. The van der Waals surface area contributed by atoms with Gasteiger partial charge in [0.05, 0.1) is 24.0 Å². The van der Waals surface area contributed by atoms with E-state index in [1.54, 1.807) is 35.2 Å². The topological polar surface area (TPSA) is 123 Å². The van der Waals surface area contributed by atoms with Crippen molar-refractivity contribution in [3.63, 3.8) is 0 Å². The summed E-state index contributed by atoms with van der Waals surface area (Å²) < 4.78 is 34.5. The number of benzene rings is 2. The van der Waals surface area contributed by atoms with Crippen molar-refractivity contribution in [1.29, 1.82) is 0 Å². The number of urea groups is 1. The molecule has 1 fully saturated rings. The lowest BCUT2D eigenvalue weighted by Gasteiger charge is -2.20. The van der Waals surface area contributed by atoms with E-state index in [2.05, 4.69) is 20.9 Å². The molecule has 0 radical (unpaired) electrons. The molecule has 2 aromatic carbocycles. The van der Waals surface area contributed by atoms with Gasteiger partial charge >= 0.3 is 6.03 Å². The van der Waals surface area contributed by atoms with Crippen LogP contribution in [-0.2, 0) is 9.57 Å². The van der Waals surface area contributed by atoms with Crippen LogP contribution >= 0.6 is 0 Å². The second kappa shape index (κ2) is 13.1. The fourth-order valence-electron chi connectivity index (χ4n) is 4.81. The Balaban J connectivity index is 1.43. The fraction of sp³-hybridized carbons (Fsp3) is 0.267. The summed E-state index contributed by atoms with van der Waals surface area (Å²) >= 11 is 0. The van der Waals surface area contributed by atoms with Gasteiger partial charge in [-0.2, -0.15) is 10.2 Å². The van der Waals surface area contributed by atoms with Crippen LogP contribution in [0.5, 0.6) is 0 Å². The summed E-state index contributed by atoms with van der Waals surface area (Å²) in [4.78, 5) is 35.7. The van der Waals surface area contributed by atoms with Crippen molar-refractivity contribution in [3.05, 3.63) is 95.3 Å². The smallest absolute Gasteiger partial charge is 0.320 e. The van der Waals surface area contributed by atoms with Gasteiger partial charge in [-0.15, -0.1) is 0 Å². The largest absolute Gasteiger partial charge is 0.383 e. The molecule has 0 saturated carbocycles. The first-order valence-corrected chi connectivity index (χ1v) is 13.6. The van der Waals surface area contributed by atoms with Crippen molar-refractivity contribution in [2.45, 2.75) is 19.1 Å². The van der Waals surface area contributed by atoms with Crippen molar-refractivity contribution in [2.24, 2.45) is 0 Å². The van der Waals surface area contributed by atoms with E-state index in [1.807, 2.05) is 37.3 Å². The first-order valence-electron chi connectivity index (χ1n) is 13.6. The number of carbonyl (C=O) groups is 2. The van der Waals surface area contributed by atoms with Gasteiger partial charge in [0.25, 0.3) is 5.91 Å². The molecule has 1 saturated heterocycles. The third-order valence-electron chi connectivity index (χ3n) is 7.01. The summed E-state index contributed by atoms with van der Waals surface area (Å²) in [6.45, 7) is 2.89. The van der Waals surface area contributed by atoms with Crippen molar-refractivity contribution < 1.29 is 27.9 Å². The number of pyridine rings is 1. The molecule has 224 valence electrons. The summed E-state index contributed by atoms with van der Waals surface area (Å²) in [5, 5.41) is 14.8. The number of para-hydroxylation sites is 1. The van der Waals surface area contributed by atoms with E-state index in [4.69, 9.17) is 14.7 Å². The monoisotopic (exact) mass is 591 g/mol. The Kier molecular flexibility index (Phi) is 9.04. The van der Waals surface area contributed by atoms with Gasteiger partial charge in [0, 0.05) is 44.6 Å². The van der Waals surface area contributed by atoms with Gasteiger partial charge in [-0.25, -0.2) is 18.3 Å². The molecule has 3 heterocycles. The molecule has 0 aliphatic carbocycles. The minimum absolute atomic E-state index is 0.262. The van der Waals surface area contributed by atoms with Crippen molar-refractivity contribution in [1.82, 2.24) is 30.5 Å². The van der Waals surface area contributed by atoms with Crippen LogP contribution in [0.2, 0.25) is 0 Å². The Bertz CT molecular complexity index is 1600. The summed E-state index contributed by atoms with van der Waals surface area (Å²) in [6, 6.07) is 15.0. The molecule has 0 spiro atoms. The number of hydroxylamine groups is 2. The second-order valence-corrected chi connectivity index (χ2v) is 9.87. The van der Waals surface area contributed by atoms with Crippen LogP contribution in [0.4, 0.5) is 19.4 Å². The number of anilines is 1. The first-order chi connectivity index (χ1) is 20.8. The number of amides is 3. The van der Waals surface area contributed by atoms with Gasteiger partial charge in [0.1, 0.15) is 17.6 Å². The number of ether oxygens (including phenoxy) is 1. The molecule has 0 unspecified atom stereocenters. The van der Waals surface area contributed by atoms with Crippen LogP contribution in [0.25, 0.3) is 16.9 Å². The summed E-state index contributed by atoms with van der Waals surface area (Å²) in [7, 11) is 3.09. The summed E-state index contributed by atoms with van der Waals surface area (Å²) in [6.07, 6.45) is 0.786. The highest BCUT2D eigenvalue weighted by Gasteiger charge is 2.37. The van der Waals surface area contributed by atoms with E-state index in [1.165, 1.54) is 13.1 Å². The van der Waals surface area contributed by atoms with E-state index in [0.29, 0.717) is 47.0 Å². The normalized spacial score (nSPS) is 16.7. The third-order valence-corrected chi connectivity index (χ3v) is 7.01. The zero-order valence-corrected chi connectivity index (χ0v) is 23.8. The van der Waals surface area contributed by atoms with E-state index >= 15 is 0 Å². The maximum atomic E-state index is 14.1. The predicted octanol–water partition coefficient (Wildman–Crippen LogP) is 4.01. The van der Waals surface area contributed by atoms with Gasteiger partial charge < -0.3 is 15.4 Å². The van der Waals surface area contributed by atoms with E-state index in [0.717, 1.165) is 12.1 Å². The molecule has 1 aliphatic rings. The minimum Gasteiger partial charge on any atom is -0.383 e. The summed E-state index contributed by atoms with van der Waals surface area (Å²) in [5.74, 6) is -1.88. The predicted molar refractivity (Wildman–Crippen MR) is 154 cm³/mol. The molecule has 4 aromatic rings. The Morgan fingerprint density at radius 3 is 2.56 bits per heavy atom. The quantitative estimate of drug-likeness (QED) is 0.269. The van der Waals surface area contributed by atoms with Crippen LogP contribution in [0, 0.1) is 18.6 Å². The first kappa shape index (κ1) is 29.8. The molecule has 3 amide bonds. The van der Waals surface area contributed by atoms with Crippen molar-refractivity contribution in [3.8, 4) is 16.9 Å². The zero-order chi connectivity index (χ0) is 30.5. The van der Waals surface area contributed by atoms with E-state index < -0.39 is 29.8 Å². The average Bonchev–Trinajstić information content (AvgIpc) is 3.57. The van der Waals surface area contributed by atoms with Crippen molar-refractivity contribution >= 4 is 17.8 Å². The lowest BCUT2D eigenvalue weighted by atomic mass is 10.0. The van der Waals surface area contributed by atoms with Crippen molar-refractivity contribution in [2.75, 3.05) is 39.2 Å². The maximum Gasteiger partial charge on any atom is 0.320 e. The van der Waals surface area contributed by atoms with Crippen LogP contribution in [0.1, 0.15) is 27.7 Å². The number of hydrogen-bond donors (Lipinski definition) is 3. The number of nitrogens with zero attached hydrogens (tertiary/aromatic N) is 4. The van der Waals surface area contributed by atoms with Crippen LogP contribution < -0.4 is 16.0 Å². The molecule has 11 nitrogen and oxygen atoms in total. The van der Waals surface area contributed by atoms with Gasteiger partial charge in [-0.1, -0.05) is 24.3 Å². The number of nitrogens with one attached hydrogen (secondary N) is 3. The zero-order valence-electron chi connectivity index (χ0n) is 23.8. The van der Waals surface area contributed by atoms with Gasteiger partial charge in [0.15, 0.2) is 11.6 Å². The Morgan fingerprint density at radius 1 is 1.09 bits per heavy atom.